The maximum absolute atomic E-state index is 13.8. The first kappa shape index (κ1) is 24.8. The topological polar surface area (TPSA) is 77.8 Å². The maximum Gasteiger partial charge on any atom is 0.453 e. The lowest BCUT2D eigenvalue weighted by Crippen LogP contribution is -2.20. The van der Waals surface area contributed by atoms with Crippen molar-refractivity contribution in [3.05, 3.63) is 93.3 Å². The molecule has 1 N–H and O–H groups in total. The van der Waals surface area contributed by atoms with E-state index in [1.165, 1.54) is 24.3 Å². The van der Waals surface area contributed by atoms with Gasteiger partial charge >= 0.3 is 6.18 Å². The normalized spacial score (nSPS) is 11.4. The summed E-state index contributed by atoms with van der Waals surface area (Å²) in [5.41, 5.74) is 1.66. The van der Waals surface area contributed by atoms with Crippen LogP contribution in [0.2, 0.25) is 0 Å². The van der Waals surface area contributed by atoms with Crippen LogP contribution in [0.3, 0.4) is 0 Å². The Bertz CT molecular complexity index is 1490. The number of anilines is 1. The molecule has 4 aromatic rings. The lowest BCUT2D eigenvalue weighted by Gasteiger charge is -2.14. The van der Waals surface area contributed by atoms with Crippen LogP contribution >= 0.6 is 0 Å². The van der Waals surface area contributed by atoms with Gasteiger partial charge < -0.3 is 19.2 Å². The second kappa shape index (κ2) is 9.77. The van der Waals surface area contributed by atoms with Crippen LogP contribution in [-0.2, 0) is 11.0 Å². The number of carbonyl (C=O) groups is 1. The molecule has 186 valence electrons. The number of aryl methyl sites for hydroxylation is 3. The van der Waals surface area contributed by atoms with Gasteiger partial charge in [0.2, 0.25) is 11.2 Å². The number of nitrogens with one attached hydrogen (secondary N) is 1. The number of rotatable bonds is 6. The average molecular weight is 497 g/mol. The highest BCUT2D eigenvalue weighted by Crippen LogP contribution is 2.39. The van der Waals surface area contributed by atoms with Gasteiger partial charge in [-0.05, 0) is 67.8 Å². The summed E-state index contributed by atoms with van der Waals surface area (Å²) in [5.74, 6) is -2.83. The van der Waals surface area contributed by atoms with E-state index in [0.29, 0.717) is 5.69 Å². The van der Waals surface area contributed by atoms with Gasteiger partial charge in [0.15, 0.2) is 6.61 Å². The average Bonchev–Trinajstić information content (AvgIpc) is 2.79. The number of fused-ring (bicyclic) bond motifs is 1. The van der Waals surface area contributed by atoms with Crippen molar-refractivity contribution in [3.63, 3.8) is 0 Å². The van der Waals surface area contributed by atoms with E-state index in [0.717, 1.165) is 22.8 Å². The second-order valence-corrected chi connectivity index (χ2v) is 8.32. The van der Waals surface area contributed by atoms with Crippen LogP contribution in [-0.4, -0.2) is 12.5 Å². The summed E-state index contributed by atoms with van der Waals surface area (Å²) in [5, 5.41) is 2.57. The van der Waals surface area contributed by atoms with Crippen molar-refractivity contribution in [2.75, 3.05) is 11.9 Å². The predicted octanol–water partition coefficient (Wildman–Crippen LogP) is 6.55. The number of halogens is 3. The molecule has 0 radical (unpaired) electrons. The van der Waals surface area contributed by atoms with Gasteiger partial charge in [0, 0.05) is 11.8 Å². The fourth-order valence-electron chi connectivity index (χ4n) is 3.68. The SMILES string of the molecule is Cc1cc(C)cc(Oc2c(C(F)(F)F)oc3cc(OCC(=O)Nc4ccccc4C)ccc3c2=O)c1. The molecule has 1 aromatic heterocycles. The van der Waals surface area contributed by atoms with E-state index in [1.807, 2.05) is 25.1 Å². The first-order valence-electron chi connectivity index (χ1n) is 10.9. The minimum Gasteiger partial charge on any atom is -0.484 e. The molecule has 1 heterocycles. The van der Waals surface area contributed by atoms with Gasteiger partial charge in [0.1, 0.15) is 17.1 Å². The van der Waals surface area contributed by atoms with E-state index in [1.54, 1.807) is 26.0 Å². The van der Waals surface area contributed by atoms with Gasteiger partial charge in [0.05, 0.1) is 5.39 Å². The summed E-state index contributed by atoms with van der Waals surface area (Å²) in [6.45, 7) is 4.95. The Morgan fingerprint density at radius 2 is 1.64 bits per heavy atom. The van der Waals surface area contributed by atoms with Crippen LogP contribution in [0.1, 0.15) is 22.5 Å². The number of alkyl halides is 3. The van der Waals surface area contributed by atoms with Gasteiger partial charge in [-0.15, -0.1) is 0 Å². The van der Waals surface area contributed by atoms with Gasteiger partial charge in [-0.2, -0.15) is 13.2 Å². The van der Waals surface area contributed by atoms with Crippen LogP contribution in [0.25, 0.3) is 11.0 Å². The lowest BCUT2D eigenvalue weighted by molar-refractivity contribution is -0.154. The number of ether oxygens (including phenoxy) is 2. The Morgan fingerprint density at radius 1 is 0.944 bits per heavy atom. The predicted molar refractivity (Wildman–Crippen MR) is 129 cm³/mol. The smallest absolute Gasteiger partial charge is 0.453 e. The Kier molecular flexibility index (Phi) is 6.74. The zero-order valence-electron chi connectivity index (χ0n) is 19.7. The van der Waals surface area contributed by atoms with Crippen molar-refractivity contribution in [2.45, 2.75) is 26.9 Å². The number of hydrogen-bond donors (Lipinski definition) is 1. The molecule has 0 bridgehead atoms. The molecule has 9 heteroatoms. The standard InChI is InChI=1S/C27H22F3NO5/c1-15-10-16(2)12-19(11-15)35-25-24(33)20-9-8-18(13-22(20)36-26(25)27(28,29)30)34-14-23(32)31-21-7-5-4-6-17(21)3/h4-13H,14H2,1-3H3,(H,31,32). The molecule has 1 amide bonds. The lowest BCUT2D eigenvalue weighted by atomic mass is 10.1. The molecule has 36 heavy (non-hydrogen) atoms. The van der Waals surface area contributed by atoms with Crippen LogP contribution in [0, 0.1) is 20.8 Å². The molecule has 0 aliphatic rings. The fraction of sp³-hybridized carbons (Fsp3) is 0.185. The summed E-state index contributed by atoms with van der Waals surface area (Å²) in [6.07, 6.45) is -4.99. The van der Waals surface area contributed by atoms with Crippen LogP contribution < -0.4 is 20.2 Å². The van der Waals surface area contributed by atoms with Crippen LogP contribution in [0.5, 0.6) is 17.2 Å². The van der Waals surface area contributed by atoms with Gasteiger partial charge in [-0.3, -0.25) is 9.59 Å². The summed E-state index contributed by atoms with van der Waals surface area (Å²) in [4.78, 5) is 25.2. The summed E-state index contributed by atoms with van der Waals surface area (Å²) >= 11 is 0. The Labute approximate surface area is 204 Å². The third-order valence-corrected chi connectivity index (χ3v) is 5.28. The van der Waals surface area contributed by atoms with Crippen molar-refractivity contribution in [3.8, 4) is 17.2 Å². The van der Waals surface area contributed by atoms with Gasteiger partial charge in [0.25, 0.3) is 11.7 Å². The number of benzene rings is 3. The van der Waals surface area contributed by atoms with Crippen molar-refractivity contribution in [2.24, 2.45) is 0 Å². The first-order valence-corrected chi connectivity index (χ1v) is 10.9. The van der Waals surface area contributed by atoms with Gasteiger partial charge in [-0.1, -0.05) is 24.3 Å². The van der Waals surface area contributed by atoms with Crippen molar-refractivity contribution >= 4 is 22.6 Å². The first-order chi connectivity index (χ1) is 17.0. The molecular formula is C27H22F3NO5. The van der Waals surface area contributed by atoms with E-state index in [-0.39, 0.29) is 22.5 Å². The van der Waals surface area contributed by atoms with E-state index in [2.05, 4.69) is 5.32 Å². The number of carbonyl (C=O) groups excluding carboxylic acids is 1. The minimum absolute atomic E-state index is 0.0571. The van der Waals surface area contributed by atoms with Crippen molar-refractivity contribution < 1.29 is 31.9 Å². The summed E-state index contributed by atoms with van der Waals surface area (Å²) < 4.78 is 57.4. The van der Waals surface area contributed by atoms with E-state index in [4.69, 9.17) is 13.9 Å². The molecule has 0 saturated heterocycles. The molecular weight excluding hydrogens is 475 g/mol. The molecule has 3 aromatic carbocycles. The monoisotopic (exact) mass is 497 g/mol. The molecule has 0 aliphatic heterocycles. The number of amides is 1. The minimum atomic E-state index is -4.99. The van der Waals surface area contributed by atoms with Crippen molar-refractivity contribution in [1.82, 2.24) is 0 Å². The van der Waals surface area contributed by atoms with Crippen molar-refractivity contribution in [1.29, 1.82) is 0 Å². The molecule has 4 rings (SSSR count). The van der Waals surface area contributed by atoms with Gasteiger partial charge in [-0.25, -0.2) is 0 Å². The van der Waals surface area contributed by atoms with E-state index in [9.17, 15) is 22.8 Å². The zero-order chi connectivity index (χ0) is 26.0. The molecule has 0 fully saturated rings. The molecule has 0 unspecified atom stereocenters. The van der Waals surface area contributed by atoms with Crippen LogP contribution in [0.4, 0.5) is 18.9 Å². The summed E-state index contributed by atoms with van der Waals surface area (Å²) in [7, 11) is 0. The number of hydrogen-bond acceptors (Lipinski definition) is 5. The molecule has 0 saturated carbocycles. The third-order valence-electron chi connectivity index (χ3n) is 5.28. The zero-order valence-corrected chi connectivity index (χ0v) is 19.7. The molecule has 0 atom stereocenters. The highest BCUT2D eigenvalue weighted by atomic mass is 19.4. The Morgan fingerprint density at radius 3 is 2.31 bits per heavy atom. The highest BCUT2D eigenvalue weighted by Gasteiger charge is 2.40. The fourth-order valence-corrected chi connectivity index (χ4v) is 3.68. The van der Waals surface area contributed by atoms with E-state index >= 15 is 0 Å². The maximum atomic E-state index is 13.8. The highest BCUT2D eigenvalue weighted by molar-refractivity contribution is 5.92. The molecule has 0 aliphatic carbocycles. The van der Waals surface area contributed by atoms with Crippen LogP contribution in [0.15, 0.2) is 69.9 Å². The van der Waals surface area contributed by atoms with E-state index < -0.39 is 35.6 Å². The number of para-hydroxylation sites is 1. The molecule has 0 spiro atoms. The quantitative estimate of drug-likeness (QED) is 0.327. The second-order valence-electron chi connectivity index (χ2n) is 8.32. The summed E-state index contributed by atoms with van der Waals surface area (Å²) in [6, 6.07) is 15.8. The largest absolute Gasteiger partial charge is 0.484 e. The molecule has 6 nitrogen and oxygen atoms in total. The Balaban J connectivity index is 1.63. The third kappa shape index (κ3) is 5.51. The Hall–Kier alpha value is -4.27.